The molecule has 0 radical (unpaired) electrons. The lowest BCUT2D eigenvalue weighted by Gasteiger charge is -2.24. The van der Waals surface area contributed by atoms with E-state index in [0.29, 0.717) is 60.1 Å². The Bertz CT molecular complexity index is 3120. The molecule has 18 nitrogen and oxygen atoms in total. The number of azide groups is 2. The second-order valence-corrected chi connectivity index (χ2v) is 28.9. The van der Waals surface area contributed by atoms with Crippen molar-refractivity contribution in [3.63, 3.8) is 0 Å². The average Bonchev–Trinajstić information content (AvgIpc) is 3.09. The van der Waals surface area contributed by atoms with Crippen LogP contribution in [0.5, 0.6) is 0 Å². The molecule has 2 fully saturated rings. The van der Waals surface area contributed by atoms with Crippen LogP contribution in [0.25, 0.3) is 33.0 Å². The van der Waals surface area contributed by atoms with Crippen LogP contribution < -0.4 is 0 Å². The van der Waals surface area contributed by atoms with Gasteiger partial charge in [0.1, 0.15) is 24.4 Å². The summed E-state index contributed by atoms with van der Waals surface area (Å²) in [7, 11) is -1.35. The number of hydrogen-bond donors (Lipinski definition) is 1. The molecule has 0 aliphatic carbocycles. The van der Waals surface area contributed by atoms with Crippen molar-refractivity contribution in [2.75, 3.05) is 6.61 Å². The first-order valence-corrected chi connectivity index (χ1v) is 32.0. The van der Waals surface area contributed by atoms with Crippen LogP contribution in [0.4, 0.5) is 0 Å². The molecule has 4 aromatic rings. The number of hydrogen-bond acceptors (Lipinski definition) is 13. The standard InChI is InChI=1S/C35H47N3O6Si.C30H35N3O6/c1-24-22-25(2)31(34(40)41-20-21-45(6,7)8)28(23-24)17-13-19-30-32(44-35(4,5)43-30)29(18-12-14-26(3)37-38-36)42-33(39)27-15-10-9-11-16-27;1-19-17-20(2)26(28(34)35)23(18-19)14-10-16-25-27(39-30(4,5)38-25)24(15-9-11-21(3)32-33-31)37-29(36)22-12-7-6-8-13-22/h9-13,15-18,22-23,26,29-30,32H,14,19-21H2,1-8H3;6-10,12-15,17-18,21,24-25,27H,11,16H2,1-5H3,(H,34,35)/b17-13+,18-12-;14-10+,15-9-/t26-,29?,30-,32?;21-,24?,25-,27?/m00/s1. The van der Waals surface area contributed by atoms with Crippen LogP contribution in [0.1, 0.15) is 142 Å². The van der Waals surface area contributed by atoms with E-state index in [9.17, 15) is 24.3 Å². The van der Waals surface area contributed by atoms with Gasteiger partial charge in [-0.2, -0.15) is 0 Å². The molecular weight excluding hydrogens is 1080 g/mol. The van der Waals surface area contributed by atoms with Crippen LogP contribution in [-0.4, -0.2) is 104 Å². The highest BCUT2D eigenvalue weighted by Gasteiger charge is 2.47. The molecule has 4 unspecified atom stereocenters. The zero-order valence-electron chi connectivity index (χ0n) is 50.7. The number of nitrogens with zero attached hydrogens (tertiary/aromatic N) is 6. The van der Waals surface area contributed by atoms with Crippen LogP contribution in [0.15, 0.2) is 132 Å². The van der Waals surface area contributed by atoms with Gasteiger partial charge in [-0.1, -0.05) is 152 Å². The Labute approximate surface area is 495 Å². The van der Waals surface area contributed by atoms with Gasteiger partial charge in [0.25, 0.3) is 0 Å². The van der Waals surface area contributed by atoms with Crippen LogP contribution in [-0.2, 0) is 33.2 Å². The number of benzene rings is 4. The van der Waals surface area contributed by atoms with E-state index in [1.807, 2.05) is 102 Å². The van der Waals surface area contributed by atoms with Gasteiger partial charge in [0.2, 0.25) is 0 Å². The zero-order chi connectivity index (χ0) is 61.8. The summed E-state index contributed by atoms with van der Waals surface area (Å²) in [5.74, 6) is -4.14. The number of rotatable bonds is 25. The molecule has 0 amide bonds. The quantitative estimate of drug-likeness (QED) is 0.0124. The maximum Gasteiger partial charge on any atom is 0.338 e. The van der Waals surface area contributed by atoms with Crippen molar-refractivity contribution < 1.29 is 57.4 Å². The maximum absolute atomic E-state index is 13.2. The molecule has 0 saturated carbocycles. The molecule has 2 aliphatic heterocycles. The number of ether oxygens (including phenoxy) is 7. The van der Waals surface area contributed by atoms with Crippen molar-refractivity contribution in [1.82, 2.24) is 0 Å². The SMILES string of the molecule is Cc1cc(C)c(C(=O)O)c(/C=C/C[C@@H]2OC(C)(C)OC2C(/C=C\C[C@H](C)N=[N+]=[N-])OC(=O)c2ccccc2)c1.Cc1cc(C)c(C(=O)OCC[Si](C)(C)C)c(/C=C/C[C@@H]2OC(C)(C)OC2C(/C=C\C[C@H](C)N=[N+]=[N-])OC(=O)c2ccccc2)c1. The van der Waals surface area contributed by atoms with Crippen LogP contribution in [0, 0.1) is 27.7 Å². The monoisotopic (exact) mass is 1170 g/mol. The van der Waals surface area contributed by atoms with Gasteiger partial charge in [0.05, 0.1) is 41.1 Å². The van der Waals surface area contributed by atoms with E-state index in [2.05, 4.69) is 39.7 Å². The van der Waals surface area contributed by atoms with Crippen LogP contribution in [0.3, 0.4) is 0 Å². The molecular formula is C65H82N6O12Si. The van der Waals surface area contributed by atoms with Crippen molar-refractivity contribution >= 4 is 44.1 Å². The minimum Gasteiger partial charge on any atom is -0.478 e. The number of carboxylic acid groups (broad SMARTS) is 1. The Kier molecular flexibility index (Phi) is 25.1. The molecule has 0 aromatic heterocycles. The molecule has 6 rings (SSSR count). The molecule has 8 atom stereocenters. The summed E-state index contributed by atoms with van der Waals surface area (Å²) >= 11 is 0. The van der Waals surface area contributed by atoms with Gasteiger partial charge in [-0.3, -0.25) is 0 Å². The van der Waals surface area contributed by atoms with E-state index in [1.54, 1.807) is 101 Å². The number of carboxylic acids is 1. The molecule has 4 aromatic carbocycles. The number of carbonyl (C=O) groups is 4. The Balaban J connectivity index is 0.000000310. The highest BCUT2D eigenvalue weighted by atomic mass is 28.3. The molecule has 19 heteroatoms. The third kappa shape index (κ3) is 21.2. The normalized spacial score (nSPS) is 19.6. The van der Waals surface area contributed by atoms with Gasteiger partial charge in [0.15, 0.2) is 11.6 Å². The molecule has 0 spiro atoms. The van der Waals surface area contributed by atoms with Crippen LogP contribution >= 0.6 is 0 Å². The summed E-state index contributed by atoms with van der Waals surface area (Å²) in [5.41, 5.74) is 24.0. The Hall–Kier alpha value is -7.60. The van der Waals surface area contributed by atoms with Gasteiger partial charge in [-0.15, -0.1) is 0 Å². The second kappa shape index (κ2) is 31.3. The molecule has 448 valence electrons. The van der Waals surface area contributed by atoms with E-state index < -0.39 is 74.2 Å². The molecule has 2 saturated heterocycles. The first-order chi connectivity index (χ1) is 39.7. The number of carbonyl (C=O) groups excluding carboxylic acids is 3. The fourth-order valence-corrected chi connectivity index (χ4v) is 10.4. The van der Waals surface area contributed by atoms with Crippen molar-refractivity contribution in [3.8, 4) is 0 Å². The molecule has 0 bridgehead atoms. The van der Waals surface area contributed by atoms with Gasteiger partial charge >= 0.3 is 23.9 Å². The number of aryl methyl sites for hydroxylation is 4. The van der Waals surface area contributed by atoms with Gasteiger partial charge in [0, 0.05) is 30.0 Å². The fourth-order valence-electron chi connectivity index (χ4n) is 9.72. The lowest BCUT2D eigenvalue weighted by atomic mass is 9.97. The summed E-state index contributed by atoms with van der Waals surface area (Å²) < 4.78 is 42.6. The Morgan fingerprint density at radius 3 is 1.42 bits per heavy atom. The summed E-state index contributed by atoms with van der Waals surface area (Å²) in [6.45, 7) is 25.6. The third-order valence-corrected chi connectivity index (χ3v) is 15.3. The molecule has 2 aliphatic rings. The molecule has 84 heavy (non-hydrogen) atoms. The highest BCUT2D eigenvalue weighted by molar-refractivity contribution is 6.76. The van der Waals surface area contributed by atoms with E-state index in [4.69, 9.17) is 44.2 Å². The first-order valence-electron chi connectivity index (χ1n) is 28.3. The average molecular weight is 1170 g/mol. The smallest absolute Gasteiger partial charge is 0.338 e. The molecule has 2 heterocycles. The van der Waals surface area contributed by atoms with Gasteiger partial charge in [-0.05, 0) is 157 Å². The summed E-state index contributed by atoms with van der Waals surface area (Å²) in [6, 6.07) is 25.5. The Morgan fingerprint density at radius 2 is 1.02 bits per heavy atom. The van der Waals surface area contributed by atoms with Crippen molar-refractivity contribution in [3.05, 3.63) is 198 Å². The number of aromatic carboxylic acids is 1. The van der Waals surface area contributed by atoms with E-state index in [-0.39, 0.29) is 23.6 Å². The number of esters is 3. The minimum absolute atomic E-state index is 0.254. The topological polar surface area (TPSA) is 251 Å². The predicted octanol–water partition coefficient (Wildman–Crippen LogP) is 15.4. The van der Waals surface area contributed by atoms with E-state index >= 15 is 0 Å². The first kappa shape index (κ1) is 67.2. The summed E-state index contributed by atoms with van der Waals surface area (Å²) in [4.78, 5) is 56.8. The van der Waals surface area contributed by atoms with E-state index in [0.717, 1.165) is 28.3 Å². The van der Waals surface area contributed by atoms with Crippen molar-refractivity contribution in [2.24, 2.45) is 10.2 Å². The van der Waals surface area contributed by atoms with Gasteiger partial charge < -0.3 is 38.3 Å². The summed E-state index contributed by atoms with van der Waals surface area (Å²) in [6.07, 6.45) is 12.7. The van der Waals surface area contributed by atoms with Crippen molar-refractivity contribution in [2.45, 2.75) is 181 Å². The summed E-state index contributed by atoms with van der Waals surface area (Å²) in [5, 5.41) is 17.1. The third-order valence-electron chi connectivity index (χ3n) is 13.6. The Morgan fingerprint density at radius 1 is 0.619 bits per heavy atom. The van der Waals surface area contributed by atoms with Crippen LogP contribution in [0.2, 0.25) is 25.7 Å². The predicted molar refractivity (Wildman–Crippen MR) is 328 cm³/mol. The minimum atomic E-state index is -1.35. The lowest BCUT2D eigenvalue weighted by molar-refractivity contribution is -0.153. The molecule has 1 N–H and O–H groups in total. The highest BCUT2D eigenvalue weighted by Crippen LogP contribution is 2.36. The maximum atomic E-state index is 13.2. The lowest BCUT2D eigenvalue weighted by Crippen LogP contribution is -2.37. The van der Waals surface area contributed by atoms with Crippen molar-refractivity contribution in [1.29, 1.82) is 0 Å². The largest absolute Gasteiger partial charge is 0.478 e. The van der Waals surface area contributed by atoms with E-state index in [1.165, 1.54) is 0 Å². The second-order valence-electron chi connectivity index (χ2n) is 23.3. The zero-order valence-corrected chi connectivity index (χ0v) is 51.7. The fraction of sp³-hybridized carbons (Fsp3) is 0.446. The van der Waals surface area contributed by atoms with Gasteiger partial charge in [-0.25, -0.2) is 19.2 Å².